The lowest BCUT2D eigenvalue weighted by Crippen LogP contribution is -2.12. The Labute approximate surface area is 87.3 Å². The highest BCUT2D eigenvalue weighted by atomic mass is 79.9. The first kappa shape index (κ1) is 10.2. The lowest BCUT2D eigenvalue weighted by atomic mass is 10.4. The first-order chi connectivity index (χ1) is 6.13. The maximum atomic E-state index is 11.2. The van der Waals surface area contributed by atoms with E-state index in [1.807, 2.05) is 0 Å². The predicted molar refractivity (Wildman–Crippen MR) is 50.3 cm³/mol. The van der Waals surface area contributed by atoms with E-state index in [2.05, 4.69) is 20.9 Å². The molecule has 0 saturated carbocycles. The molecule has 13 heavy (non-hydrogen) atoms. The number of ether oxygens (including phenoxy) is 1. The van der Waals surface area contributed by atoms with Gasteiger partial charge in [-0.25, -0.2) is 9.78 Å². The molecule has 0 fully saturated rings. The van der Waals surface area contributed by atoms with E-state index in [-0.39, 0.29) is 5.01 Å². The monoisotopic (exact) mass is 260 g/mol. The van der Waals surface area contributed by atoms with E-state index in [4.69, 9.17) is 10.00 Å². The van der Waals surface area contributed by atoms with Crippen LogP contribution in [0.4, 0.5) is 0 Å². The van der Waals surface area contributed by atoms with E-state index in [1.165, 1.54) is 18.3 Å². The third-order valence-corrected chi connectivity index (χ3v) is 2.65. The normalized spacial score (nSPS) is 11.8. The Kier molecular flexibility index (Phi) is 3.39. The van der Waals surface area contributed by atoms with Crippen molar-refractivity contribution in [1.29, 1.82) is 5.26 Å². The molecule has 0 radical (unpaired) electrons. The summed E-state index contributed by atoms with van der Waals surface area (Å²) in [7, 11) is 0. The van der Waals surface area contributed by atoms with Gasteiger partial charge < -0.3 is 4.74 Å². The summed E-state index contributed by atoms with van der Waals surface area (Å²) in [6, 6.07) is 1.79. The zero-order chi connectivity index (χ0) is 9.84. The fourth-order valence-electron chi connectivity index (χ4n) is 0.585. The van der Waals surface area contributed by atoms with Crippen LogP contribution in [0, 0.1) is 11.3 Å². The van der Waals surface area contributed by atoms with Crippen molar-refractivity contribution in [2.45, 2.75) is 13.0 Å². The van der Waals surface area contributed by atoms with E-state index in [1.54, 1.807) is 11.4 Å². The SMILES string of the molecule is CC(C#N)OC(=O)c1nc(Br)cs1. The molecule has 0 spiro atoms. The quantitative estimate of drug-likeness (QED) is 0.763. The molecule has 0 aliphatic carbocycles. The van der Waals surface area contributed by atoms with Crippen molar-refractivity contribution in [3.05, 3.63) is 15.0 Å². The number of nitrogens with zero attached hydrogens (tertiary/aromatic N) is 2. The number of carbonyl (C=O) groups excluding carboxylic acids is 1. The molecule has 0 aromatic carbocycles. The molecular formula is C7H5BrN2O2S. The highest BCUT2D eigenvalue weighted by Gasteiger charge is 2.14. The molecule has 0 amide bonds. The Balaban J connectivity index is 2.65. The molecule has 1 rings (SSSR count). The van der Waals surface area contributed by atoms with Crippen molar-refractivity contribution in [2.24, 2.45) is 0 Å². The van der Waals surface area contributed by atoms with Crippen molar-refractivity contribution in [3.63, 3.8) is 0 Å². The minimum atomic E-state index is -0.741. The number of hydrogen-bond acceptors (Lipinski definition) is 5. The first-order valence-electron chi connectivity index (χ1n) is 3.35. The Morgan fingerprint density at radius 1 is 1.92 bits per heavy atom. The summed E-state index contributed by atoms with van der Waals surface area (Å²) in [5.74, 6) is -0.565. The van der Waals surface area contributed by atoms with Gasteiger partial charge in [0.25, 0.3) is 0 Å². The van der Waals surface area contributed by atoms with Gasteiger partial charge in [-0.2, -0.15) is 5.26 Å². The summed E-state index contributed by atoms with van der Waals surface area (Å²) < 4.78 is 5.32. The number of aromatic nitrogens is 1. The van der Waals surface area contributed by atoms with Crippen LogP contribution in [-0.2, 0) is 4.74 Å². The molecular weight excluding hydrogens is 256 g/mol. The van der Waals surface area contributed by atoms with Gasteiger partial charge in [0.2, 0.25) is 5.01 Å². The molecule has 0 N–H and O–H groups in total. The summed E-state index contributed by atoms with van der Waals surface area (Å²) in [4.78, 5) is 15.0. The Morgan fingerprint density at radius 3 is 3.08 bits per heavy atom. The molecule has 1 unspecified atom stereocenters. The van der Waals surface area contributed by atoms with Gasteiger partial charge in [0.05, 0.1) is 0 Å². The maximum Gasteiger partial charge on any atom is 0.368 e. The lowest BCUT2D eigenvalue weighted by Gasteiger charge is -2.01. The van der Waals surface area contributed by atoms with Gasteiger partial charge in [0, 0.05) is 5.38 Å². The second-order valence-electron chi connectivity index (χ2n) is 2.15. The summed E-state index contributed by atoms with van der Waals surface area (Å²) in [5, 5.41) is 10.3. The largest absolute Gasteiger partial charge is 0.442 e. The molecule has 0 aliphatic rings. The summed E-state index contributed by atoms with van der Waals surface area (Å²) in [6.45, 7) is 1.50. The van der Waals surface area contributed by atoms with Crippen LogP contribution in [0.25, 0.3) is 0 Å². The number of thiazole rings is 1. The van der Waals surface area contributed by atoms with Crippen LogP contribution in [-0.4, -0.2) is 17.1 Å². The van der Waals surface area contributed by atoms with Gasteiger partial charge in [-0.3, -0.25) is 0 Å². The topological polar surface area (TPSA) is 63.0 Å². The van der Waals surface area contributed by atoms with Crippen LogP contribution in [0.3, 0.4) is 0 Å². The number of rotatable bonds is 2. The molecule has 1 aromatic heterocycles. The van der Waals surface area contributed by atoms with Crippen molar-refractivity contribution in [3.8, 4) is 6.07 Å². The number of hydrogen-bond donors (Lipinski definition) is 0. The van der Waals surface area contributed by atoms with E-state index in [0.29, 0.717) is 4.60 Å². The second kappa shape index (κ2) is 4.35. The van der Waals surface area contributed by atoms with Crippen LogP contribution in [0.1, 0.15) is 16.7 Å². The molecule has 0 saturated heterocycles. The van der Waals surface area contributed by atoms with Crippen molar-refractivity contribution >= 4 is 33.2 Å². The molecule has 1 aromatic rings. The van der Waals surface area contributed by atoms with Gasteiger partial charge in [0.15, 0.2) is 6.10 Å². The van der Waals surface area contributed by atoms with E-state index >= 15 is 0 Å². The van der Waals surface area contributed by atoms with Crippen LogP contribution >= 0.6 is 27.3 Å². The Morgan fingerprint density at radius 2 is 2.62 bits per heavy atom. The summed E-state index contributed by atoms with van der Waals surface area (Å²) >= 11 is 4.28. The van der Waals surface area contributed by atoms with Gasteiger partial charge in [0.1, 0.15) is 10.7 Å². The second-order valence-corrected chi connectivity index (χ2v) is 3.82. The number of carbonyl (C=O) groups is 1. The van der Waals surface area contributed by atoms with E-state index in [0.717, 1.165) is 0 Å². The molecule has 0 aliphatic heterocycles. The third kappa shape index (κ3) is 2.79. The Hall–Kier alpha value is -0.930. The third-order valence-electron chi connectivity index (χ3n) is 1.12. The van der Waals surface area contributed by atoms with Crippen LogP contribution < -0.4 is 0 Å². The minimum Gasteiger partial charge on any atom is -0.442 e. The van der Waals surface area contributed by atoms with Gasteiger partial charge in [-0.1, -0.05) is 0 Å². The number of halogens is 1. The average Bonchev–Trinajstić information content (AvgIpc) is 2.51. The van der Waals surface area contributed by atoms with Gasteiger partial charge >= 0.3 is 5.97 Å². The zero-order valence-electron chi connectivity index (χ0n) is 6.65. The average molecular weight is 261 g/mol. The standard InChI is InChI=1S/C7H5BrN2O2S/c1-4(2-9)12-7(11)6-10-5(8)3-13-6/h3-4H,1H3. The molecule has 6 heteroatoms. The maximum absolute atomic E-state index is 11.2. The minimum absolute atomic E-state index is 0.244. The zero-order valence-corrected chi connectivity index (χ0v) is 9.05. The number of nitriles is 1. The summed E-state index contributed by atoms with van der Waals surface area (Å²) in [6.07, 6.45) is -0.741. The molecule has 0 bridgehead atoms. The van der Waals surface area contributed by atoms with Gasteiger partial charge in [-0.15, -0.1) is 11.3 Å². The highest BCUT2D eigenvalue weighted by Crippen LogP contribution is 2.15. The molecule has 1 heterocycles. The van der Waals surface area contributed by atoms with Crippen LogP contribution in [0.2, 0.25) is 0 Å². The van der Waals surface area contributed by atoms with Crippen molar-refractivity contribution in [1.82, 2.24) is 4.98 Å². The van der Waals surface area contributed by atoms with Gasteiger partial charge in [-0.05, 0) is 22.9 Å². The fourth-order valence-corrected chi connectivity index (χ4v) is 1.72. The molecule has 4 nitrogen and oxygen atoms in total. The fraction of sp³-hybridized carbons (Fsp3) is 0.286. The van der Waals surface area contributed by atoms with E-state index < -0.39 is 12.1 Å². The van der Waals surface area contributed by atoms with Crippen molar-refractivity contribution in [2.75, 3.05) is 0 Å². The number of esters is 1. The highest BCUT2D eigenvalue weighted by molar-refractivity contribution is 9.10. The predicted octanol–water partition coefficient (Wildman–Crippen LogP) is 1.97. The van der Waals surface area contributed by atoms with Crippen LogP contribution in [0.5, 0.6) is 0 Å². The smallest absolute Gasteiger partial charge is 0.368 e. The Bertz CT molecular complexity index is 358. The molecule has 1 atom stereocenters. The summed E-state index contributed by atoms with van der Waals surface area (Å²) in [5.41, 5.74) is 0. The van der Waals surface area contributed by atoms with Crippen molar-refractivity contribution < 1.29 is 9.53 Å². The molecule has 68 valence electrons. The van der Waals surface area contributed by atoms with E-state index in [9.17, 15) is 4.79 Å². The first-order valence-corrected chi connectivity index (χ1v) is 5.02. The van der Waals surface area contributed by atoms with Crippen LogP contribution in [0.15, 0.2) is 9.98 Å². The lowest BCUT2D eigenvalue weighted by molar-refractivity contribution is 0.0435.